The zero-order chi connectivity index (χ0) is 27.4. The number of aliphatic carboxylic acids is 1. The predicted molar refractivity (Wildman–Crippen MR) is 138 cm³/mol. The number of H-pyrrole nitrogens is 2. The van der Waals surface area contributed by atoms with Crippen molar-refractivity contribution >= 4 is 35.5 Å². The highest BCUT2D eigenvalue weighted by molar-refractivity contribution is 7.98. The Bertz CT molecular complexity index is 1000. The van der Waals surface area contributed by atoms with Crippen LogP contribution >= 0.6 is 11.8 Å². The van der Waals surface area contributed by atoms with Crippen molar-refractivity contribution in [1.82, 2.24) is 35.9 Å². The molecule has 0 radical (unpaired) electrons. The van der Waals surface area contributed by atoms with Crippen molar-refractivity contribution in [2.75, 3.05) is 12.0 Å². The number of rotatable bonds is 16. The molecule has 3 amide bonds. The molecule has 0 aliphatic rings. The summed E-state index contributed by atoms with van der Waals surface area (Å²) < 4.78 is 0. The Labute approximate surface area is 219 Å². The second kappa shape index (κ2) is 15.0. The molecule has 13 nitrogen and oxygen atoms in total. The van der Waals surface area contributed by atoms with Gasteiger partial charge in [0.15, 0.2) is 0 Å². The highest BCUT2D eigenvalue weighted by Crippen LogP contribution is 2.10. The van der Waals surface area contributed by atoms with Crippen molar-refractivity contribution in [2.45, 2.75) is 63.7 Å². The molecule has 37 heavy (non-hydrogen) atoms. The third kappa shape index (κ3) is 9.53. The summed E-state index contributed by atoms with van der Waals surface area (Å²) in [5.74, 6) is -2.66. The maximum atomic E-state index is 13.3. The van der Waals surface area contributed by atoms with E-state index in [1.165, 1.54) is 30.6 Å². The Kier molecular flexibility index (Phi) is 12.1. The molecule has 0 aliphatic heterocycles. The van der Waals surface area contributed by atoms with Gasteiger partial charge >= 0.3 is 5.97 Å². The van der Waals surface area contributed by atoms with E-state index in [2.05, 4.69) is 35.9 Å². The third-order valence-corrected chi connectivity index (χ3v) is 6.61. The number of carbonyl (C=O) groups excluding carboxylic acids is 3. The minimum atomic E-state index is -1.16. The van der Waals surface area contributed by atoms with E-state index in [9.17, 15) is 24.3 Å². The summed E-state index contributed by atoms with van der Waals surface area (Å²) in [5, 5.41) is 17.5. The van der Waals surface area contributed by atoms with E-state index in [1.54, 1.807) is 13.1 Å². The molecule has 2 aromatic rings. The Balaban J connectivity index is 2.16. The molecule has 2 heterocycles. The summed E-state index contributed by atoms with van der Waals surface area (Å²) in [7, 11) is 0. The van der Waals surface area contributed by atoms with Gasteiger partial charge in [0.05, 0.1) is 18.7 Å². The van der Waals surface area contributed by atoms with Crippen LogP contribution in [0.4, 0.5) is 0 Å². The number of carbonyl (C=O) groups is 4. The Morgan fingerprint density at radius 3 is 2.05 bits per heavy atom. The van der Waals surface area contributed by atoms with Gasteiger partial charge in [-0.25, -0.2) is 14.8 Å². The van der Waals surface area contributed by atoms with E-state index in [-0.39, 0.29) is 18.8 Å². The summed E-state index contributed by atoms with van der Waals surface area (Å²) in [5.41, 5.74) is 7.27. The van der Waals surface area contributed by atoms with E-state index in [0.717, 1.165) is 0 Å². The Morgan fingerprint density at radius 1 is 0.973 bits per heavy atom. The van der Waals surface area contributed by atoms with Gasteiger partial charge in [-0.1, -0.05) is 20.3 Å². The first-order valence-electron chi connectivity index (χ1n) is 12.0. The lowest BCUT2D eigenvalue weighted by Gasteiger charge is -2.26. The third-order valence-electron chi connectivity index (χ3n) is 5.96. The highest BCUT2D eigenvalue weighted by Gasteiger charge is 2.32. The van der Waals surface area contributed by atoms with Gasteiger partial charge in [0.2, 0.25) is 17.7 Å². The van der Waals surface area contributed by atoms with Crippen LogP contribution in [0.5, 0.6) is 0 Å². The summed E-state index contributed by atoms with van der Waals surface area (Å²) in [6, 6.07) is -4.09. The van der Waals surface area contributed by atoms with Crippen LogP contribution in [0.25, 0.3) is 0 Å². The topological polar surface area (TPSA) is 208 Å². The zero-order valence-corrected chi connectivity index (χ0v) is 22.0. The molecular formula is C23H36N8O5S. The molecule has 5 atom stereocenters. The first-order valence-corrected chi connectivity index (χ1v) is 13.4. The number of nitrogens with two attached hydrogens (primary N) is 1. The van der Waals surface area contributed by atoms with Crippen molar-refractivity contribution in [2.24, 2.45) is 11.7 Å². The van der Waals surface area contributed by atoms with Gasteiger partial charge in [0.1, 0.15) is 18.1 Å². The van der Waals surface area contributed by atoms with E-state index >= 15 is 0 Å². The van der Waals surface area contributed by atoms with E-state index < -0.39 is 47.9 Å². The molecule has 204 valence electrons. The second-order valence-electron chi connectivity index (χ2n) is 8.78. The summed E-state index contributed by atoms with van der Waals surface area (Å²) in [6.45, 7) is 3.55. The molecule has 0 spiro atoms. The first kappa shape index (κ1) is 29.8. The number of nitrogens with zero attached hydrogens (tertiary/aromatic N) is 2. The van der Waals surface area contributed by atoms with E-state index in [0.29, 0.717) is 30.0 Å². The lowest BCUT2D eigenvalue weighted by Crippen LogP contribution is -2.58. The van der Waals surface area contributed by atoms with Crippen molar-refractivity contribution in [1.29, 1.82) is 0 Å². The van der Waals surface area contributed by atoms with Gasteiger partial charge in [-0.05, 0) is 24.3 Å². The number of hydrogen-bond acceptors (Lipinski definition) is 8. The number of thioether (sulfide) groups is 1. The van der Waals surface area contributed by atoms with Crippen LogP contribution < -0.4 is 21.7 Å². The number of carboxylic acid groups (broad SMARTS) is 1. The number of hydrogen-bond donors (Lipinski definition) is 7. The molecule has 2 rings (SSSR count). The minimum absolute atomic E-state index is 0.0486. The molecule has 0 bridgehead atoms. The van der Waals surface area contributed by atoms with Gasteiger partial charge in [0, 0.05) is 36.6 Å². The van der Waals surface area contributed by atoms with Crippen molar-refractivity contribution in [3.05, 3.63) is 36.4 Å². The summed E-state index contributed by atoms with van der Waals surface area (Å²) >= 11 is 1.50. The lowest BCUT2D eigenvalue weighted by molar-refractivity contribution is -0.143. The molecule has 0 saturated carbocycles. The van der Waals surface area contributed by atoms with Gasteiger partial charge in [-0.15, -0.1) is 0 Å². The van der Waals surface area contributed by atoms with Gasteiger partial charge in [0.25, 0.3) is 0 Å². The fourth-order valence-corrected chi connectivity index (χ4v) is 4.02. The molecule has 2 aromatic heterocycles. The van der Waals surface area contributed by atoms with Crippen LogP contribution in [0.15, 0.2) is 25.0 Å². The predicted octanol–water partition coefficient (Wildman–Crippen LogP) is -0.416. The number of imidazole rings is 2. The van der Waals surface area contributed by atoms with E-state index in [1.807, 2.05) is 13.2 Å². The molecular weight excluding hydrogens is 500 g/mol. The number of aromatic nitrogens is 4. The highest BCUT2D eigenvalue weighted by atomic mass is 32.2. The number of nitrogens with one attached hydrogen (secondary N) is 5. The van der Waals surface area contributed by atoms with Crippen molar-refractivity contribution < 1.29 is 24.3 Å². The van der Waals surface area contributed by atoms with Crippen LogP contribution in [0.1, 0.15) is 38.1 Å². The van der Waals surface area contributed by atoms with Gasteiger partial charge in [-0.2, -0.15) is 11.8 Å². The molecule has 14 heteroatoms. The maximum absolute atomic E-state index is 13.3. The molecule has 0 saturated heterocycles. The molecule has 0 fully saturated rings. The summed E-state index contributed by atoms with van der Waals surface area (Å²) in [4.78, 5) is 64.5. The average Bonchev–Trinajstić information content (AvgIpc) is 3.58. The smallest absolute Gasteiger partial charge is 0.326 e. The average molecular weight is 537 g/mol. The lowest BCUT2D eigenvalue weighted by atomic mass is 9.98. The molecule has 8 N–H and O–H groups in total. The first-order chi connectivity index (χ1) is 17.7. The second-order valence-corrected chi connectivity index (χ2v) is 9.77. The fourth-order valence-electron chi connectivity index (χ4n) is 3.54. The molecule has 5 unspecified atom stereocenters. The quantitative estimate of drug-likeness (QED) is 0.148. The standard InChI is InChI=1S/C23H36N8O5S/c1-4-13(2)19(23(35)36)31-22(34)18(8-15-10-26-12-28-15)30-21(33)17(5-6-37-3)29-20(32)16(24)7-14-9-25-11-27-14/h9-13,16-19H,4-8,24H2,1-3H3,(H,25,27)(H,26,28)(H,29,32)(H,30,33)(H,31,34)(H,35,36). The largest absolute Gasteiger partial charge is 0.480 e. The SMILES string of the molecule is CCC(C)C(NC(=O)C(Cc1cnc[nH]1)NC(=O)C(CCSC)NC(=O)C(N)Cc1cnc[nH]1)C(=O)O. The van der Waals surface area contributed by atoms with Crippen LogP contribution in [-0.2, 0) is 32.0 Å². The number of amides is 3. The fraction of sp³-hybridized carbons (Fsp3) is 0.565. The molecule has 0 aliphatic carbocycles. The zero-order valence-electron chi connectivity index (χ0n) is 21.2. The van der Waals surface area contributed by atoms with E-state index in [4.69, 9.17) is 5.73 Å². The molecule has 0 aromatic carbocycles. The van der Waals surface area contributed by atoms with Crippen LogP contribution in [0.2, 0.25) is 0 Å². The maximum Gasteiger partial charge on any atom is 0.326 e. The Hall–Kier alpha value is -3.39. The summed E-state index contributed by atoms with van der Waals surface area (Å²) in [6.07, 6.45) is 8.96. The van der Waals surface area contributed by atoms with Crippen LogP contribution in [0.3, 0.4) is 0 Å². The number of aromatic amines is 2. The normalized spacial score (nSPS) is 15.1. The van der Waals surface area contributed by atoms with Crippen molar-refractivity contribution in [3.63, 3.8) is 0 Å². The minimum Gasteiger partial charge on any atom is -0.480 e. The Morgan fingerprint density at radius 2 is 1.54 bits per heavy atom. The van der Waals surface area contributed by atoms with Crippen LogP contribution in [0, 0.1) is 5.92 Å². The van der Waals surface area contributed by atoms with Crippen LogP contribution in [-0.4, -0.2) is 84.9 Å². The van der Waals surface area contributed by atoms with Gasteiger partial charge < -0.3 is 36.8 Å². The van der Waals surface area contributed by atoms with Gasteiger partial charge in [-0.3, -0.25) is 14.4 Å². The number of carboxylic acids is 1. The van der Waals surface area contributed by atoms with Crippen molar-refractivity contribution in [3.8, 4) is 0 Å². The monoisotopic (exact) mass is 536 g/mol.